The molecule has 3 rings (SSSR count). The summed E-state index contributed by atoms with van der Waals surface area (Å²) in [6.45, 7) is 4.32. The predicted molar refractivity (Wildman–Crippen MR) is 108 cm³/mol. The van der Waals surface area contributed by atoms with E-state index in [1.165, 1.54) is 22.5 Å². The van der Waals surface area contributed by atoms with E-state index in [2.05, 4.69) is 11.9 Å². The van der Waals surface area contributed by atoms with Gasteiger partial charge in [0.2, 0.25) is 0 Å². The molecule has 1 fully saturated rings. The SMILES string of the molecule is C=CCN(c1ccccc1Cl)S(=O)(=O)c1cccc(C(=O)NCC2CC2)c1. The maximum absolute atomic E-state index is 13.2. The number of para-hydroxylation sites is 1. The van der Waals surface area contributed by atoms with Crippen LogP contribution in [-0.2, 0) is 10.0 Å². The zero-order valence-electron chi connectivity index (χ0n) is 14.8. The highest BCUT2D eigenvalue weighted by Gasteiger charge is 2.27. The maximum atomic E-state index is 13.2. The van der Waals surface area contributed by atoms with Crippen LogP contribution < -0.4 is 9.62 Å². The zero-order valence-corrected chi connectivity index (χ0v) is 16.3. The Morgan fingerprint density at radius 1 is 1.22 bits per heavy atom. The Balaban J connectivity index is 1.92. The Morgan fingerprint density at radius 2 is 1.96 bits per heavy atom. The largest absolute Gasteiger partial charge is 0.352 e. The van der Waals surface area contributed by atoms with Gasteiger partial charge in [-0.25, -0.2) is 8.42 Å². The summed E-state index contributed by atoms with van der Waals surface area (Å²) in [5.41, 5.74) is 0.678. The van der Waals surface area contributed by atoms with Crippen molar-refractivity contribution >= 4 is 33.2 Å². The van der Waals surface area contributed by atoms with Gasteiger partial charge in [-0.3, -0.25) is 9.10 Å². The minimum absolute atomic E-state index is 0.0309. The summed E-state index contributed by atoms with van der Waals surface area (Å²) in [5, 5.41) is 3.17. The van der Waals surface area contributed by atoms with Gasteiger partial charge in [-0.15, -0.1) is 6.58 Å². The smallest absolute Gasteiger partial charge is 0.264 e. The van der Waals surface area contributed by atoms with Crippen LogP contribution in [0.5, 0.6) is 0 Å². The van der Waals surface area contributed by atoms with Crippen LogP contribution in [0, 0.1) is 5.92 Å². The number of benzene rings is 2. The second-order valence-electron chi connectivity index (χ2n) is 6.46. The molecule has 0 saturated heterocycles. The highest BCUT2D eigenvalue weighted by Crippen LogP contribution is 2.30. The van der Waals surface area contributed by atoms with E-state index in [4.69, 9.17) is 11.6 Å². The second kappa shape index (κ2) is 8.15. The maximum Gasteiger partial charge on any atom is 0.264 e. The van der Waals surface area contributed by atoms with Crippen molar-refractivity contribution in [3.63, 3.8) is 0 Å². The van der Waals surface area contributed by atoms with Crippen molar-refractivity contribution in [3.05, 3.63) is 71.8 Å². The molecule has 1 aliphatic rings. The summed E-state index contributed by atoms with van der Waals surface area (Å²) in [6, 6.07) is 12.8. The van der Waals surface area contributed by atoms with Crippen molar-refractivity contribution in [2.45, 2.75) is 17.7 Å². The van der Waals surface area contributed by atoms with Crippen LogP contribution in [0.1, 0.15) is 23.2 Å². The number of amides is 1. The van der Waals surface area contributed by atoms with E-state index in [0.29, 0.717) is 28.7 Å². The Hall–Kier alpha value is -2.31. The van der Waals surface area contributed by atoms with Gasteiger partial charge in [0.25, 0.3) is 15.9 Å². The van der Waals surface area contributed by atoms with E-state index in [0.717, 1.165) is 12.8 Å². The summed E-state index contributed by atoms with van der Waals surface area (Å²) >= 11 is 6.20. The zero-order chi connectivity index (χ0) is 19.4. The summed E-state index contributed by atoms with van der Waals surface area (Å²) in [5.74, 6) is 0.274. The number of anilines is 1. The minimum atomic E-state index is -3.92. The van der Waals surface area contributed by atoms with Crippen molar-refractivity contribution in [2.24, 2.45) is 5.92 Å². The van der Waals surface area contributed by atoms with Crippen molar-refractivity contribution in [2.75, 3.05) is 17.4 Å². The third kappa shape index (κ3) is 4.51. The monoisotopic (exact) mass is 404 g/mol. The van der Waals surface area contributed by atoms with E-state index >= 15 is 0 Å². The summed E-state index contributed by atoms with van der Waals surface area (Å²) in [6.07, 6.45) is 3.75. The third-order valence-electron chi connectivity index (χ3n) is 4.35. The number of rotatable bonds is 8. The lowest BCUT2D eigenvalue weighted by molar-refractivity contribution is 0.0951. The van der Waals surface area contributed by atoms with Crippen molar-refractivity contribution in [1.82, 2.24) is 5.32 Å². The number of sulfonamides is 1. The van der Waals surface area contributed by atoms with Crippen LogP contribution in [0.2, 0.25) is 5.02 Å². The first kappa shape index (κ1) is 19.5. The standard InChI is InChI=1S/C20H21ClN2O3S/c1-2-12-23(19-9-4-3-8-18(19)21)27(25,26)17-7-5-6-16(13-17)20(24)22-14-15-10-11-15/h2-9,13,15H,1,10-12,14H2,(H,22,24). The first-order chi connectivity index (χ1) is 12.9. The first-order valence-corrected chi connectivity index (χ1v) is 10.5. The molecule has 1 amide bonds. The molecule has 0 aromatic heterocycles. The molecule has 142 valence electrons. The van der Waals surface area contributed by atoms with Crippen LogP contribution in [0.25, 0.3) is 0 Å². The molecule has 0 unspecified atom stereocenters. The molecule has 0 heterocycles. The number of hydrogen-bond acceptors (Lipinski definition) is 3. The quantitative estimate of drug-likeness (QED) is 0.679. The normalized spacial score (nSPS) is 13.8. The molecule has 7 heteroatoms. The molecule has 0 spiro atoms. The lowest BCUT2D eigenvalue weighted by atomic mass is 10.2. The summed E-state index contributed by atoms with van der Waals surface area (Å²) < 4.78 is 27.6. The fraction of sp³-hybridized carbons (Fsp3) is 0.250. The summed E-state index contributed by atoms with van der Waals surface area (Å²) in [7, 11) is -3.92. The second-order valence-corrected chi connectivity index (χ2v) is 8.73. The van der Waals surface area contributed by atoms with Crippen molar-refractivity contribution in [1.29, 1.82) is 0 Å². The first-order valence-electron chi connectivity index (χ1n) is 8.70. The molecular formula is C20H21ClN2O3S. The topological polar surface area (TPSA) is 66.5 Å². The van der Waals surface area contributed by atoms with E-state index in [1.807, 2.05) is 0 Å². The number of carbonyl (C=O) groups is 1. The van der Waals surface area contributed by atoms with Gasteiger partial charge < -0.3 is 5.32 Å². The molecular weight excluding hydrogens is 384 g/mol. The molecule has 1 saturated carbocycles. The van der Waals surface area contributed by atoms with Gasteiger partial charge in [-0.2, -0.15) is 0 Å². The lowest BCUT2D eigenvalue weighted by Gasteiger charge is -2.24. The number of nitrogens with one attached hydrogen (secondary N) is 1. The summed E-state index contributed by atoms with van der Waals surface area (Å²) in [4.78, 5) is 12.3. The van der Waals surface area contributed by atoms with Gasteiger partial charge >= 0.3 is 0 Å². The Morgan fingerprint density at radius 3 is 2.63 bits per heavy atom. The number of hydrogen-bond donors (Lipinski definition) is 1. The van der Waals surface area contributed by atoms with Gasteiger partial charge in [0, 0.05) is 12.1 Å². The van der Waals surface area contributed by atoms with Gasteiger partial charge in [-0.1, -0.05) is 35.9 Å². The Labute approximate surface area is 164 Å². The number of nitrogens with zero attached hydrogens (tertiary/aromatic N) is 1. The molecule has 27 heavy (non-hydrogen) atoms. The molecule has 0 atom stereocenters. The molecule has 2 aromatic rings. The molecule has 0 bridgehead atoms. The van der Waals surface area contributed by atoms with E-state index in [-0.39, 0.29) is 17.3 Å². The predicted octanol–water partition coefficient (Wildman–Crippen LogP) is 3.86. The van der Waals surface area contributed by atoms with E-state index in [1.54, 1.807) is 36.4 Å². The highest BCUT2D eigenvalue weighted by molar-refractivity contribution is 7.92. The highest BCUT2D eigenvalue weighted by atomic mass is 35.5. The number of halogens is 1. The lowest BCUT2D eigenvalue weighted by Crippen LogP contribution is -2.32. The molecule has 0 aliphatic heterocycles. The van der Waals surface area contributed by atoms with Gasteiger partial charge in [0.05, 0.1) is 22.2 Å². The third-order valence-corrected chi connectivity index (χ3v) is 6.44. The average molecular weight is 405 g/mol. The van der Waals surface area contributed by atoms with E-state index < -0.39 is 10.0 Å². The van der Waals surface area contributed by atoms with Crippen LogP contribution in [0.15, 0.2) is 66.1 Å². The Kier molecular flexibility index (Phi) is 5.87. The van der Waals surface area contributed by atoms with E-state index in [9.17, 15) is 13.2 Å². The fourth-order valence-electron chi connectivity index (χ4n) is 2.68. The fourth-order valence-corrected chi connectivity index (χ4v) is 4.47. The molecule has 1 N–H and O–H groups in total. The van der Waals surface area contributed by atoms with Crippen LogP contribution in [-0.4, -0.2) is 27.4 Å². The van der Waals surface area contributed by atoms with Crippen molar-refractivity contribution < 1.29 is 13.2 Å². The molecule has 2 aromatic carbocycles. The van der Waals surface area contributed by atoms with Crippen LogP contribution >= 0.6 is 11.6 Å². The Bertz CT molecular complexity index is 955. The van der Waals surface area contributed by atoms with Gasteiger partial charge in [0.15, 0.2) is 0 Å². The van der Waals surface area contributed by atoms with Gasteiger partial charge in [-0.05, 0) is 49.1 Å². The average Bonchev–Trinajstić information content (AvgIpc) is 3.49. The molecule has 0 radical (unpaired) electrons. The van der Waals surface area contributed by atoms with Crippen molar-refractivity contribution in [3.8, 4) is 0 Å². The van der Waals surface area contributed by atoms with Crippen LogP contribution in [0.3, 0.4) is 0 Å². The number of carbonyl (C=O) groups excluding carboxylic acids is 1. The van der Waals surface area contributed by atoms with Gasteiger partial charge in [0.1, 0.15) is 0 Å². The minimum Gasteiger partial charge on any atom is -0.352 e. The molecule has 5 nitrogen and oxygen atoms in total. The molecule has 1 aliphatic carbocycles. The van der Waals surface area contributed by atoms with Crippen LogP contribution in [0.4, 0.5) is 5.69 Å².